The minimum absolute atomic E-state index is 0.379. The zero-order chi connectivity index (χ0) is 10.6. The molecule has 0 heterocycles. The molecule has 1 aromatic rings. The summed E-state index contributed by atoms with van der Waals surface area (Å²) >= 11 is 6.44. The number of carboxylic acid groups (broad SMARTS) is 1. The lowest BCUT2D eigenvalue weighted by Crippen LogP contribution is -2.35. The van der Waals surface area contributed by atoms with E-state index in [4.69, 9.17) is 5.11 Å². The molecule has 0 bridgehead atoms. The number of carbonyl (C=O) groups is 1. The lowest BCUT2D eigenvalue weighted by Gasteiger charge is -2.19. The maximum atomic E-state index is 11.0. The first-order valence-electron chi connectivity index (χ1n) is 4.11. The highest BCUT2D eigenvalue weighted by Gasteiger charge is 2.34. The van der Waals surface area contributed by atoms with Gasteiger partial charge in [0.05, 0.1) is 0 Å². The number of carboxylic acids is 1. The summed E-state index contributed by atoms with van der Waals surface area (Å²) < 4.78 is -0.908. The number of rotatable bonds is 4. The zero-order valence-corrected chi connectivity index (χ0v) is 10.6. The molecular weight excluding hydrogens is 312 g/mol. The van der Waals surface area contributed by atoms with E-state index in [1.165, 1.54) is 0 Å². The van der Waals surface area contributed by atoms with Gasteiger partial charge in [0.25, 0.3) is 0 Å². The molecule has 0 saturated carbocycles. The number of hydrogen-bond acceptors (Lipinski definition) is 1. The Labute approximate surface area is 99.6 Å². The van der Waals surface area contributed by atoms with Crippen LogP contribution in [0.5, 0.6) is 0 Å². The molecule has 1 unspecified atom stereocenters. The van der Waals surface area contributed by atoms with Crippen LogP contribution in [0.4, 0.5) is 0 Å². The number of benzene rings is 1. The second kappa shape index (κ2) is 4.94. The van der Waals surface area contributed by atoms with Crippen LogP contribution in [-0.2, 0) is 11.2 Å². The number of aliphatic carboxylic acids is 1. The second-order valence-corrected chi connectivity index (χ2v) is 5.15. The summed E-state index contributed by atoms with van der Waals surface area (Å²) in [4.78, 5) is 11.0. The van der Waals surface area contributed by atoms with Crippen molar-refractivity contribution < 1.29 is 9.90 Å². The third-order valence-electron chi connectivity index (χ3n) is 1.92. The smallest absolute Gasteiger partial charge is 0.321 e. The third-order valence-corrected chi connectivity index (χ3v) is 4.53. The first-order valence-corrected chi connectivity index (χ1v) is 6.02. The molecule has 0 fully saturated rings. The molecule has 4 heteroatoms. The van der Waals surface area contributed by atoms with E-state index in [2.05, 4.69) is 31.9 Å². The largest absolute Gasteiger partial charge is 0.480 e. The van der Waals surface area contributed by atoms with Crippen LogP contribution in [0.25, 0.3) is 0 Å². The highest BCUT2D eigenvalue weighted by molar-refractivity contribution is 9.12. The van der Waals surface area contributed by atoms with Crippen molar-refractivity contribution in [1.82, 2.24) is 0 Å². The van der Waals surface area contributed by atoms with Gasteiger partial charge in [-0.1, -0.05) is 62.2 Å². The number of halogens is 2. The van der Waals surface area contributed by atoms with E-state index in [0.29, 0.717) is 11.8 Å². The van der Waals surface area contributed by atoms with E-state index in [1.54, 1.807) is 0 Å². The van der Waals surface area contributed by atoms with Gasteiger partial charge in [-0.05, 0) is 12.0 Å². The molecule has 1 N–H and O–H groups in total. The van der Waals surface area contributed by atoms with Gasteiger partial charge >= 0.3 is 5.97 Å². The molecule has 0 radical (unpaired) electrons. The fourth-order valence-electron chi connectivity index (χ4n) is 1.10. The first-order chi connectivity index (χ1) is 6.58. The van der Waals surface area contributed by atoms with Gasteiger partial charge in [0.2, 0.25) is 0 Å². The van der Waals surface area contributed by atoms with E-state index in [-0.39, 0.29) is 0 Å². The highest BCUT2D eigenvalue weighted by Crippen LogP contribution is 2.26. The van der Waals surface area contributed by atoms with Gasteiger partial charge < -0.3 is 5.11 Å². The maximum Gasteiger partial charge on any atom is 0.321 e. The monoisotopic (exact) mass is 320 g/mol. The van der Waals surface area contributed by atoms with Gasteiger partial charge in [0, 0.05) is 5.33 Å². The Morgan fingerprint density at radius 3 is 2.36 bits per heavy atom. The zero-order valence-electron chi connectivity index (χ0n) is 7.41. The molecule has 2 nitrogen and oxygen atoms in total. The fraction of sp³-hybridized carbons (Fsp3) is 0.300. The summed E-state index contributed by atoms with van der Waals surface area (Å²) in [7, 11) is 0. The molecule has 0 saturated heterocycles. The fourth-order valence-corrected chi connectivity index (χ4v) is 1.86. The van der Waals surface area contributed by atoms with Gasteiger partial charge in [-0.2, -0.15) is 0 Å². The van der Waals surface area contributed by atoms with Crippen LogP contribution in [0.1, 0.15) is 5.56 Å². The lowest BCUT2D eigenvalue weighted by atomic mass is 10.0. The first kappa shape index (κ1) is 11.7. The Bertz CT molecular complexity index is 313. The molecular formula is C10H10Br2O2. The summed E-state index contributed by atoms with van der Waals surface area (Å²) in [5, 5.41) is 9.40. The van der Waals surface area contributed by atoms with Crippen LogP contribution in [0.3, 0.4) is 0 Å². The average Bonchev–Trinajstić information content (AvgIpc) is 2.19. The van der Waals surface area contributed by atoms with E-state index in [9.17, 15) is 4.79 Å². The van der Waals surface area contributed by atoms with Crippen LogP contribution in [0, 0.1) is 0 Å². The van der Waals surface area contributed by atoms with Crippen LogP contribution < -0.4 is 0 Å². The Morgan fingerprint density at radius 1 is 1.36 bits per heavy atom. The summed E-state index contributed by atoms with van der Waals surface area (Å²) in [5.41, 5.74) is 1.01. The van der Waals surface area contributed by atoms with Crippen molar-refractivity contribution in [3.63, 3.8) is 0 Å². The van der Waals surface area contributed by atoms with Crippen LogP contribution >= 0.6 is 31.9 Å². The molecule has 0 aliphatic carbocycles. The molecule has 76 valence electrons. The van der Waals surface area contributed by atoms with Crippen molar-refractivity contribution in [2.24, 2.45) is 0 Å². The molecule has 1 aromatic carbocycles. The predicted octanol–water partition coefficient (Wildman–Crippen LogP) is 2.84. The summed E-state index contributed by atoms with van der Waals surface area (Å²) in [6.45, 7) is 0. The third kappa shape index (κ3) is 2.82. The van der Waals surface area contributed by atoms with Crippen molar-refractivity contribution in [2.75, 3.05) is 5.33 Å². The van der Waals surface area contributed by atoms with Gasteiger partial charge in [-0.15, -0.1) is 0 Å². The molecule has 1 rings (SSSR count). The Kier molecular flexibility index (Phi) is 4.13. The Hall–Kier alpha value is -0.350. The summed E-state index contributed by atoms with van der Waals surface area (Å²) in [5.74, 6) is -0.849. The van der Waals surface area contributed by atoms with Crippen molar-refractivity contribution in [1.29, 1.82) is 0 Å². The van der Waals surface area contributed by atoms with E-state index >= 15 is 0 Å². The van der Waals surface area contributed by atoms with Crippen LogP contribution in [0.2, 0.25) is 0 Å². The van der Waals surface area contributed by atoms with Gasteiger partial charge in [-0.3, -0.25) is 4.79 Å². The van der Waals surface area contributed by atoms with Crippen molar-refractivity contribution in [3.8, 4) is 0 Å². The minimum atomic E-state index is -0.908. The minimum Gasteiger partial charge on any atom is -0.480 e. The predicted molar refractivity (Wildman–Crippen MR) is 63.2 cm³/mol. The van der Waals surface area contributed by atoms with Gasteiger partial charge in [-0.25, -0.2) is 0 Å². The Balaban J connectivity index is 2.81. The van der Waals surface area contributed by atoms with Crippen molar-refractivity contribution in [2.45, 2.75) is 10.7 Å². The summed E-state index contributed by atoms with van der Waals surface area (Å²) in [6.07, 6.45) is 0.467. The quantitative estimate of drug-likeness (QED) is 0.866. The van der Waals surface area contributed by atoms with Gasteiger partial charge in [0.15, 0.2) is 0 Å². The maximum absolute atomic E-state index is 11.0. The normalized spacial score (nSPS) is 14.7. The number of alkyl halides is 2. The molecule has 0 amide bonds. The van der Waals surface area contributed by atoms with E-state index < -0.39 is 10.3 Å². The topological polar surface area (TPSA) is 37.3 Å². The van der Waals surface area contributed by atoms with Crippen molar-refractivity contribution >= 4 is 37.8 Å². The molecule has 0 aliphatic rings. The summed E-state index contributed by atoms with van der Waals surface area (Å²) in [6, 6.07) is 9.55. The van der Waals surface area contributed by atoms with E-state index in [1.807, 2.05) is 30.3 Å². The van der Waals surface area contributed by atoms with Crippen LogP contribution in [0.15, 0.2) is 30.3 Å². The van der Waals surface area contributed by atoms with E-state index in [0.717, 1.165) is 5.56 Å². The highest BCUT2D eigenvalue weighted by atomic mass is 79.9. The Morgan fingerprint density at radius 2 is 1.93 bits per heavy atom. The molecule has 0 aliphatic heterocycles. The van der Waals surface area contributed by atoms with Crippen LogP contribution in [-0.4, -0.2) is 20.7 Å². The van der Waals surface area contributed by atoms with Gasteiger partial charge in [0.1, 0.15) is 4.32 Å². The van der Waals surface area contributed by atoms with Crippen molar-refractivity contribution in [3.05, 3.63) is 35.9 Å². The standard InChI is InChI=1S/C10H10Br2O2/c11-7-10(12,9(13)14)6-8-4-2-1-3-5-8/h1-5H,6-7H2,(H,13,14). The number of hydrogen-bond donors (Lipinski definition) is 1. The molecule has 1 atom stereocenters. The molecule has 0 aromatic heterocycles. The second-order valence-electron chi connectivity index (χ2n) is 3.07. The lowest BCUT2D eigenvalue weighted by molar-refractivity contribution is -0.138. The molecule has 0 spiro atoms. The SMILES string of the molecule is O=C(O)C(Br)(CBr)Cc1ccccc1. The molecule has 14 heavy (non-hydrogen) atoms. The average molecular weight is 322 g/mol.